The number of hydrogen-bond acceptors (Lipinski definition) is 4. The van der Waals surface area contributed by atoms with E-state index in [4.69, 9.17) is 4.74 Å². The number of halogens is 1. The Kier molecular flexibility index (Phi) is 4.38. The minimum Gasteiger partial charge on any atom is -0.463 e. The topological polar surface area (TPSA) is 63.5 Å². The number of esters is 1. The Morgan fingerprint density at radius 2 is 1.76 bits per heavy atom. The molecule has 5 nitrogen and oxygen atoms in total. The summed E-state index contributed by atoms with van der Waals surface area (Å²) in [6.07, 6.45) is 0. The highest BCUT2D eigenvalue weighted by Gasteiger charge is 2.77. The number of carbonyl (C=O) groups excluding carboxylic acids is 1. The zero-order valence-corrected chi connectivity index (χ0v) is 14.7. The van der Waals surface area contributed by atoms with Crippen LogP contribution in [0, 0.1) is 6.92 Å². The fourth-order valence-electron chi connectivity index (χ4n) is 2.81. The molecule has 2 aromatic carbocycles. The summed E-state index contributed by atoms with van der Waals surface area (Å²) in [4.78, 5) is 12.1. The second-order valence-electron chi connectivity index (χ2n) is 5.82. The minimum atomic E-state index is -4.19. The summed E-state index contributed by atoms with van der Waals surface area (Å²) in [5.74, 6) is -3.93. The van der Waals surface area contributed by atoms with Crippen LogP contribution in [-0.2, 0) is 19.6 Å². The van der Waals surface area contributed by atoms with Crippen molar-refractivity contribution in [2.75, 3.05) is 6.61 Å². The van der Waals surface area contributed by atoms with Crippen LogP contribution in [0.1, 0.15) is 24.1 Å². The molecule has 0 saturated carbocycles. The highest BCUT2D eigenvalue weighted by Crippen LogP contribution is 2.58. The number of rotatable bonds is 5. The van der Waals surface area contributed by atoms with Crippen molar-refractivity contribution < 1.29 is 22.3 Å². The lowest BCUT2D eigenvalue weighted by Crippen LogP contribution is -2.30. The van der Waals surface area contributed by atoms with Crippen molar-refractivity contribution in [3.8, 4) is 0 Å². The van der Waals surface area contributed by atoms with Gasteiger partial charge in [0.25, 0.3) is 5.79 Å². The number of sulfonamides is 1. The third kappa shape index (κ3) is 2.83. The van der Waals surface area contributed by atoms with Crippen LogP contribution in [0.25, 0.3) is 0 Å². The molecule has 0 bridgehead atoms. The molecule has 0 radical (unpaired) electrons. The number of benzene rings is 2. The van der Waals surface area contributed by atoms with Gasteiger partial charge in [0.05, 0.1) is 11.5 Å². The Labute approximate surface area is 146 Å². The first-order valence-electron chi connectivity index (χ1n) is 7.85. The highest BCUT2D eigenvalue weighted by molar-refractivity contribution is 7.89. The van der Waals surface area contributed by atoms with E-state index in [9.17, 15) is 13.2 Å². The number of ether oxygens (including phenoxy) is 1. The molecule has 132 valence electrons. The molecule has 1 fully saturated rings. The van der Waals surface area contributed by atoms with Gasteiger partial charge in [-0.2, -0.15) is 0 Å². The van der Waals surface area contributed by atoms with Gasteiger partial charge in [0, 0.05) is 0 Å². The van der Waals surface area contributed by atoms with E-state index < -0.39 is 27.8 Å². The second-order valence-corrected chi connectivity index (χ2v) is 7.64. The van der Waals surface area contributed by atoms with Gasteiger partial charge in [-0.1, -0.05) is 48.0 Å². The van der Waals surface area contributed by atoms with Crippen LogP contribution >= 0.6 is 0 Å². The van der Waals surface area contributed by atoms with Gasteiger partial charge in [-0.05, 0) is 31.5 Å². The van der Waals surface area contributed by atoms with Gasteiger partial charge < -0.3 is 4.74 Å². The van der Waals surface area contributed by atoms with Crippen LogP contribution in [-0.4, -0.2) is 31.1 Å². The maximum Gasteiger partial charge on any atom is 0.362 e. The standard InChI is InChI=1S/C18H18FNO4S/c1-3-24-17(21)18(19)16(14-7-5-4-6-8-14)20(18)25(22,23)15-11-9-13(2)10-12-15/h4-12,16H,3H2,1-2H3/t16-,18+,20?/m1/s1. The van der Waals surface area contributed by atoms with Gasteiger partial charge in [-0.3, -0.25) is 0 Å². The molecule has 1 aliphatic rings. The van der Waals surface area contributed by atoms with E-state index in [1.54, 1.807) is 49.4 Å². The Morgan fingerprint density at radius 1 is 1.16 bits per heavy atom. The fraction of sp³-hybridized carbons (Fsp3) is 0.278. The van der Waals surface area contributed by atoms with Crippen molar-refractivity contribution in [3.63, 3.8) is 0 Å². The number of alkyl halides is 1. The Hall–Kier alpha value is -2.25. The monoisotopic (exact) mass is 363 g/mol. The predicted octanol–water partition coefficient (Wildman–Crippen LogP) is 2.97. The summed E-state index contributed by atoms with van der Waals surface area (Å²) < 4.78 is 46.6. The van der Waals surface area contributed by atoms with Crippen molar-refractivity contribution >= 4 is 16.0 Å². The van der Waals surface area contributed by atoms with Crippen LogP contribution in [0.5, 0.6) is 0 Å². The van der Waals surface area contributed by atoms with Crippen LogP contribution in [0.2, 0.25) is 0 Å². The fourth-order valence-corrected chi connectivity index (χ4v) is 4.53. The van der Waals surface area contributed by atoms with E-state index in [1.807, 2.05) is 6.92 Å². The van der Waals surface area contributed by atoms with Crippen molar-refractivity contribution in [1.82, 2.24) is 4.31 Å². The Bertz CT molecular complexity index is 883. The molecule has 1 heterocycles. The van der Waals surface area contributed by atoms with E-state index in [-0.39, 0.29) is 11.5 Å². The molecule has 25 heavy (non-hydrogen) atoms. The van der Waals surface area contributed by atoms with E-state index >= 15 is 4.39 Å². The first kappa shape index (κ1) is 17.6. The van der Waals surface area contributed by atoms with Gasteiger partial charge in [0.1, 0.15) is 6.04 Å². The van der Waals surface area contributed by atoms with Crippen molar-refractivity contribution in [2.45, 2.75) is 30.6 Å². The molecule has 0 amide bonds. The largest absolute Gasteiger partial charge is 0.463 e. The molecule has 1 aliphatic heterocycles. The van der Waals surface area contributed by atoms with E-state index in [2.05, 4.69) is 0 Å². The maximum absolute atomic E-state index is 15.4. The minimum absolute atomic E-state index is 0.0373. The highest BCUT2D eigenvalue weighted by atomic mass is 32.2. The molecule has 0 aliphatic carbocycles. The Morgan fingerprint density at radius 3 is 2.32 bits per heavy atom. The molecule has 2 aromatic rings. The lowest BCUT2D eigenvalue weighted by molar-refractivity contribution is -0.152. The van der Waals surface area contributed by atoms with Gasteiger partial charge in [0.2, 0.25) is 10.0 Å². The molecular formula is C18H18FNO4S. The summed E-state index contributed by atoms with van der Waals surface area (Å²) in [7, 11) is -4.19. The van der Waals surface area contributed by atoms with Gasteiger partial charge in [-0.15, -0.1) is 4.31 Å². The van der Waals surface area contributed by atoms with Gasteiger partial charge >= 0.3 is 5.97 Å². The van der Waals surface area contributed by atoms with E-state index in [0.29, 0.717) is 9.87 Å². The lowest BCUT2D eigenvalue weighted by Gasteiger charge is -2.09. The lowest BCUT2D eigenvalue weighted by atomic mass is 10.1. The van der Waals surface area contributed by atoms with Crippen molar-refractivity contribution in [3.05, 3.63) is 65.7 Å². The maximum atomic E-state index is 15.4. The molecule has 1 unspecified atom stereocenters. The third-order valence-corrected chi connectivity index (χ3v) is 5.97. The zero-order valence-electron chi connectivity index (χ0n) is 13.8. The Balaban J connectivity index is 2.05. The summed E-state index contributed by atoms with van der Waals surface area (Å²) in [5, 5.41) is 0. The predicted molar refractivity (Wildman–Crippen MR) is 89.9 cm³/mol. The summed E-state index contributed by atoms with van der Waals surface area (Å²) in [6, 6.07) is 13.0. The average molecular weight is 363 g/mol. The first-order valence-corrected chi connectivity index (χ1v) is 9.29. The van der Waals surface area contributed by atoms with Crippen LogP contribution in [0.15, 0.2) is 59.5 Å². The average Bonchev–Trinajstić information content (AvgIpc) is 3.25. The number of carbonyl (C=O) groups is 1. The molecule has 0 spiro atoms. The van der Waals surface area contributed by atoms with Crippen LogP contribution in [0.4, 0.5) is 4.39 Å². The van der Waals surface area contributed by atoms with Crippen LogP contribution in [0.3, 0.4) is 0 Å². The van der Waals surface area contributed by atoms with Crippen molar-refractivity contribution in [1.29, 1.82) is 0 Å². The molecule has 3 rings (SSSR count). The molecule has 3 atom stereocenters. The smallest absolute Gasteiger partial charge is 0.362 e. The van der Waals surface area contributed by atoms with E-state index in [1.165, 1.54) is 12.1 Å². The second kappa shape index (κ2) is 6.24. The number of hydrogen-bond donors (Lipinski definition) is 0. The first-order chi connectivity index (χ1) is 11.8. The van der Waals surface area contributed by atoms with Gasteiger partial charge in [-0.25, -0.2) is 17.6 Å². The van der Waals surface area contributed by atoms with E-state index in [0.717, 1.165) is 5.56 Å². The summed E-state index contributed by atoms with van der Waals surface area (Å²) in [5.41, 5.74) is 1.27. The number of aryl methyl sites for hydroxylation is 1. The normalized spacial score (nSPS) is 25.4. The summed E-state index contributed by atoms with van der Waals surface area (Å²) >= 11 is 0. The molecule has 1 saturated heterocycles. The summed E-state index contributed by atoms with van der Waals surface area (Å²) in [6.45, 7) is 3.32. The quantitative estimate of drug-likeness (QED) is 0.465. The molecule has 7 heteroatoms. The van der Waals surface area contributed by atoms with Gasteiger partial charge in [0.15, 0.2) is 0 Å². The zero-order chi connectivity index (χ0) is 18.2. The third-order valence-electron chi connectivity index (χ3n) is 4.10. The van der Waals surface area contributed by atoms with Crippen molar-refractivity contribution in [2.24, 2.45) is 0 Å². The molecule has 0 aromatic heterocycles. The SMILES string of the molecule is CCOC(=O)[C@]1(F)[C@@H](c2ccccc2)N1S(=O)(=O)c1ccc(C)cc1. The molecule has 0 N–H and O–H groups in total. The number of nitrogens with zero attached hydrogens (tertiary/aromatic N) is 1. The molecular weight excluding hydrogens is 345 g/mol. The van der Waals surface area contributed by atoms with Crippen LogP contribution < -0.4 is 0 Å².